The number of nitrogens with zero attached hydrogens (tertiary/aromatic N) is 2. The van der Waals surface area contributed by atoms with Gasteiger partial charge < -0.3 is 0 Å². The third kappa shape index (κ3) is 2.36. The first-order chi connectivity index (χ1) is 7.29. The zero-order chi connectivity index (χ0) is 10.7. The summed E-state index contributed by atoms with van der Waals surface area (Å²) in [4.78, 5) is 4.13. The van der Waals surface area contributed by atoms with Gasteiger partial charge >= 0.3 is 0 Å². The van der Waals surface area contributed by atoms with E-state index in [-0.39, 0.29) is 0 Å². The molecule has 0 bridgehead atoms. The lowest BCUT2D eigenvalue weighted by atomic mass is 9.80. The third-order valence-corrected chi connectivity index (χ3v) is 3.39. The van der Waals surface area contributed by atoms with E-state index in [1.807, 2.05) is 12.3 Å². The van der Waals surface area contributed by atoms with Gasteiger partial charge in [-0.3, -0.25) is 0 Å². The molecule has 0 unspecified atom stereocenters. The Morgan fingerprint density at radius 3 is 2.53 bits per heavy atom. The quantitative estimate of drug-likeness (QED) is 0.697. The van der Waals surface area contributed by atoms with Crippen LogP contribution in [0.5, 0.6) is 0 Å². The molecule has 0 spiro atoms. The van der Waals surface area contributed by atoms with Gasteiger partial charge in [-0.25, -0.2) is 4.98 Å². The van der Waals surface area contributed by atoms with E-state index in [0.717, 1.165) is 5.92 Å². The van der Waals surface area contributed by atoms with Gasteiger partial charge in [0.15, 0.2) is 0 Å². The highest BCUT2D eigenvalue weighted by Crippen LogP contribution is 2.34. The normalized spacial score (nSPS) is 25.9. The van der Waals surface area contributed by atoms with Crippen molar-refractivity contribution in [1.82, 2.24) is 4.98 Å². The highest BCUT2D eigenvalue weighted by atomic mass is 14.7. The van der Waals surface area contributed by atoms with Crippen LogP contribution in [0.4, 0.5) is 0 Å². The van der Waals surface area contributed by atoms with Gasteiger partial charge in [-0.05, 0) is 36.3 Å². The number of pyridine rings is 1. The van der Waals surface area contributed by atoms with Gasteiger partial charge in [0.2, 0.25) is 0 Å². The van der Waals surface area contributed by atoms with Crippen LogP contribution < -0.4 is 0 Å². The highest BCUT2D eigenvalue weighted by molar-refractivity contribution is 5.25. The van der Waals surface area contributed by atoms with Crippen LogP contribution in [0.25, 0.3) is 0 Å². The van der Waals surface area contributed by atoms with E-state index in [2.05, 4.69) is 24.0 Å². The molecule has 78 valence electrons. The lowest BCUT2D eigenvalue weighted by Gasteiger charge is -2.26. The van der Waals surface area contributed by atoms with Crippen LogP contribution in [0.15, 0.2) is 18.3 Å². The molecular weight excluding hydrogens is 184 g/mol. The maximum Gasteiger partial charge on any atom is 0.140 e. The fourth-order valence-corrected chi connectivity index (χ4v) is 2.31. The summed E-state index contributed by atoms with van der Waals surface area (Å²) in [6, 6.07) is 5.94. The minimum Gasteiger partial charge on any atom is -0.245 e. The Labute approximate surface area is 91.0 Å². The molecule has 0 aliphatic heterocycles. The first kappa shape index (κ1) is 10.2. The Morgan fingerprint density at radius 2 is 2.00 bits per heavy atom. The summed E-state index contributed by atoms with van der Waals surface area (Å²) in [7, 11) is 0. The van der Waals surface area contributed by atoms with E-state index in [0.29, 0.717) is 11.6 Å². The summed E-state index contributed by atoms with van der Waals surface area (Å²) >= 11 is 0. The van der Waals surface area contributed by atoms with E-state index in [4.69, 9.17) is 5.26 Å². The lowest BCUT2D eigenvalue weighted by molar-refractivity contribution is 0.347. The predicted octanol–water partition coefficient (Wildman–Crippen LogP) is 3.25. The molecule has 1 aliphatic rings. The summed E-state index contributed by atoms with van der Waals surface area (Å²) in [6.07, 6.45) is 7.07. The smallest absolute Gasteiger partial charge is 0.140 e. The summed E-state index contributed by atoms with van der Waals surface area (Å²) in [5.74, 6) is 1.55. The number of hydrogen-bond donors (Lipinski definition) is 0. The third-order valence-electron chi connectivity index (χ3n) is 3.39. The highest BCUT2D eigenvalue weighted by Gasteiger charge is 2.19. The summed E-state index contributed by atoms with van der Waals surface area (Å²) < 4.78 is 0. The van der Waals surface area contributed by atoms with Crippen molar-refractivity contribution in [2.75, 3.05) is 0 Å². The first-order valence-electron chi connectivity index (χ1n) is 5.65. The van der Waals surface area contributed by atoms with Gasteiger partial charge in [0.1, 0.15) is 11.8 Å². The van der Waals surface area contributed by atoms with Crippen LogP contribution in [-0.2, 0) is 0 Å². The van der Waals surface area contributed by atoms with E-state index >= 15 is 0 Å². The minimum atomic E-state index is 0.517. The lowest BCUT2D eigenvalue weighted by Crippen LogP contribution is -2.11. The Balaban J connectivity index is 2.07. The Bertz CT molecular complexity index is 353. The van der Waals surface area contributed by atoms with Crippen molar-refractivity contribution in [3.63, 3.8) is 0 Å². The monoisotopic (exact) mass is 200 g/mol. The van der Waals surface area contributed by atoms with Crippen molar-refractivity contribution >= 4 is 0 Å². The van der Waals surface area contributed by atoms with E-state index in [1.54, 1.807) is 0 Å². The second-order valence-corrected chi connectivity index (χ2v) is 4.55. The molecule has 1 aromatic rings. The van der Waals surface area contributed by atoms with E-state index < -0.39 is 0 Å². The maximum atomic E-state index is 8.66. The van der Waals surface area contributed by atoms with Crippen molar-refractivity contribution in [2.45, 2.75) is 38.5 Å². The fraction of sp³-hybridized carbons (Fsp3) is 0.538. The second-order valence-electron chi connectivity index (χ2n) is 4.55. The number of nitriles is 1. The maximum absolute atomic E-state index is 8.66. The molecule has 0 N–H and O–H groups in total. The fourth-order valence-electron chi connectivity index (χ4n) is 2.31. The standard InChI is InChI=1S/C13H16N2/c1-10-2-4-11(5-3-10)12-6-7-13(8-14)15-9-12/h6-7,9-11H,2-5H2,1H3. The Kier molecular flexibility index (Phi) is 3.01. The molecule has 1 aliphatic carbocycles. The first-order valence-corrected chi connectivity index (χ1v) is 5.65. The Morgan fingerprint density at radius 1 is 1.27 bits per heavy atom. The van der Waals surface area contributed by atoms with Gasteiger partial charge in [-0.1, -0.05) is 25.8 Å². The van der Waals surface area contributed by atoms with Crippen molar-refractivity contribution in [3.8, 4) is 6.07 Å². The molecule has 2 nitrogen and oxygen atoms in total. The molecule has 1 fully saturated rings. The predicted molar refractivity (Wildman–Crippen MR) is 59.3 cm³/mol. The van der Waals surface area contributed by atoms with Gasteiger partial charge in [-0.15, -0.1) is 0 Å². The summed E-state index contributed by atoms with van der Waals surface area (Å²) in [6.45, 7) is 2.33. The molecule has 1 aromatic heterocycles. The molecule has 0 atom stereocenters. The second kappa shape index (κ2) is 4.44. The molecule has 0 radical (unpaired) electrons. The zero-order valence-electron chi connectivity index (χ0n) is 9.11. The van der Waals surface area contributed by atoms with Crippen LogP contribution in [0.3, 0.4) is 0 Å². The molecule has 15 heavy (non-hydrogen) atoms. The van der Waals surface area contributed by atoms with Crippen LogP contribution in [-0.4, -0.2) is 4.98 Å². The van der Waals surface area contributed by atoms with Crippen LogP contribution >= 0.6 is 0 Å². The molecule has 2 rings (SSSR count). The molecule has 0 saturated heterocycles. The topological polar surface area (TPSA) is 36.7 Å². The Hall–Kier alpha value is -1.36. The van der Waals surface area contributed by atoms with Gasteiger partial charge in [-0.2, -0.15) is 5.26 Å². The number of rotatable bonds is 1. The molecule has 1 saturated carbocycles. The molecule has 1 heterocycles. The van der Waals surface area contributed by atoms with Gasteiger partial charge in [0.25, 0.3) is 0 Å². The number of hydrogen-bond acceptors (Lipinski definition) is 2. The van der Waals surface area contributed by atoms with Crippen LogP contribution in [0, 0.1) is 17.2 Å². The van der Waals surface area contributed by atoms with Crippen molar-refractivity contribution in [1.29, 1.82) is 5.26 Å². The van der Waals surface area contributed by atoms with Crippen molar-refractivity contribution in [2.24, 2.45) is 5.92 Å². The van der Waals surface area contributed by atoms with Crippen molar-refractivity contribution < 1.29 is 0 Å². The zero-order valence-corrected chi connectivity index (χ0v) is 9.11. The van der Waals surface area contributed by atoms with Gasteiger partial charge in [0, 0.05) is 6.20 Å². The van der Waals surface area contributed by atoms with Crippen LogP contribution in [0.1, 0.15) is 49.8 Å². The SMILES string of the molecule is CC1CCC(c2ccc(C#N)nc2)CC1. The largest absolute Gasteiger partial charge is 0.245 e. The molecule has 0 amide bonds. The van der Waals surface area contributed by atoms with Gasteiger partial charge in [0.05, 0.1) is 0 Å². The molecular formula is C13H16N2. The number of aromatic nitrogens is 1. The van der Waals surface area contributed by atoms with Crippen molar-refractivity contribution in [3.05, 3.63) is 29.6 Å². The van der Waals surface area contributed by atoms with E-state index in [1.165, 1.54) is 31.2 Å². The molecule has 0 aromatic carbocycles. The van der Waals surface area contributed by atoms with Crippen LogP contribution in [0.2, 0.25) is 0 Å². The molecule has 2 heteroatoms. The van der Waals surface area contributed by atoms with E-state index in [9.17, 15) is 0 Å². The summed E-state index contributed by atoms with van der Waals surface area (Å²) in [5, 5.41) is 8.66. The average Bonchev–Trinajstić information content (AvgIpc) is 2.30. The minimum absolute atomic E-state index is 0.517. The summed E-state index contributed by atoms with van der Waals surface area (Å²) in [5.41, 5.74) is 1.82. The average molecular weight is 200 g/mol.